The molecule has 11 unspecified atom stereocenters. The lowest BCUT2D eigenvalue weighted by Gasteiger charge is -2.51. The molecule has 12 heterocycles. The summed E-state index contributed by atoms with van der Waals surface area (Å²) < 4.78 is 0. The van der Waals surface area contributed by atoms with E-state index < -0.39 is 0 Å². The van der Waals surface area contributed by atoms with Crippen LogP contribution in [-0.2, 0) is 0 Å². The van der Waals surface area contributed by atoms with Crippen molar-refractivity contribution in [3.05, 3.63) is 0 Å². The Morgan fingerprint density at radius 3 is 0.961 bits per heavy atom. The maximum absolute atomic E-state index is 3.67. The highest BCUT2D eigenvalue weighted by molar-refractivity contribution is 5.01. The monoisotopic (exact) mass is 1440 g/mol. The number of hydrogen-bond donors (Lipinski definition) is 1. The topological polar surface area (TPSA) is 34.7 Å². The highest BCUT2D eigenvalue weighted by Crippen LogP contribution is 2.48. The van der Waals surface area contributed by atoms with Gasteiger partial charge in [0, 0.05) is 114 Å². The molecule has 602 valence electrons. The maximum Gasteiger partial charge on any atom is 0.0130 e. The molecular weight excluding hydrogens is 1250 g/mol. The SMILES string of the molecule is CC(C)(C)C1C2CCNC1CC2.CC(C)(C)N1C2CCCC1CC2.CC(C)(C)N1CC2CCC1CC2.CC(C)(C)N1CC2CCC1CC2.CC(C)(C)N1CC2CCCC(CC2)C1.CC(C)(C)N1CCC2CCC1CC2.CC(C)(C)N1CCC2CCCC(CC2)C1.CC(C)(C)N1CCC2CCCC1C2. The second kappa shape index (κ2) is 37.1. The van der Waals surface area contributed by atoms with Gasteiger partial charge in [-0.1, -0.05) is 65.7 Å². The minimum absolute atomic E-state index is 0.379. The second-order valence-electron chi connectivity index (χ2n) is 46.6. The Morgan fingerprint density at radius 2 is 0.563 bits per heavy atom. The van der Waals surface area contributed by atoms with Crippen molar-refractivity contribution in [2.75, 3.05) is 58.9 Å². The molecule has 19 fully saturated rings. The molecule has 7 aliphatic carbocycles. The standard InChI is InChI=1S/C14H27N.C13H25N.2C12H23N.4C11H21N/c1-14(2,3)15-10-9-12-5-4-6-13(11-15)8-7-12;1-13(2,3)14-9-11-5-4-6-12(10-14)8-7-11;1-12(2,3)13-9-8-10-4-6-11(13)7-5-10;1-12(2,3)13-8-7-10-5-4-6-11(13)9-10;2*1-11(2,3)12-8-9-4-6-10(12)7-5-9;1-11(2,3)10-8-4-5-9(10)12-7-6-8;1-11(2,3)12-9-5-4-6-10(12)8-7-9/h12-13H,4-11H2,1-3H3;11-12H,4-10H2,1-3H3;2*10-11H,4-9H2,1-3H3;2*9-10H,4-8H2,1-3H3;8-10,12H,4-7H2,1-3H3;9-10H,4-8H2,1-3H3. The Kier molecular flexibility index (Phi) is 31.2. The lowest BCUT2D eigenvalue weighted by molar-refractivity contribution is -0.0163. The number of rotatable bonds is 0. The van der Waals surface area contributed by atoms with E-state index in [4.69, 9.17) is 0 Å². The van der Waals surface area contributed by atoms with Gasteiger partial charge in [-0.25, -0.2) is 0 Å². The van der Waals surface area contributed by atoms with Crippen LogP contribution in [0.25, 0.3) is 0 Å². The van der Waals surface area contributed by atoms with Gasteiger partial charge in [0.05, 0.1) is 0 Å². The first-order chi connectivity index (χ1) is 48.1. The summed E-state index contributed by atoms with van der Waals surface area (Å²) in [5.41, 5.74) is 3.29. The third-order valence-electron chi connectivity index (χ3n) is 30.6. The van der Waals surface area contributed by atoms with E-state index in [1.165, 1.54) is 296 Å². The Balaban J connectivity index is 0.000000137. The average Bonchev–Trinajstić information content (AvgIpc) is 1.42. The van der Waals surface area contributed by atoms with Crippen LogP contribution in [-0.4, -0.2) is 174 Å². The highest BCUT2D eigenvalue weighted by atomic mass is 15.3. The van der Waals surface area contributed by atoms with E-state index >= 15 is 0 Å². The maximum atomic E-state index is 3.67. The van der Waals surface area contributed by atoms with Crippen molar-refractivity contribution in [2.45, 2.75) is 485 Å². The fourth-order valence-corrected chi connectivity index (χ4v) is 25.1. The van der Waals surface area contributed by atoms with E-state index in [9.17, 15) is 0 Å². The largest absolute Gasteiger partial charge is 0.314 e. The summed E-state index contributed by atoms with van der Waals surface area (Å²) in [7, 11) is 0. The number of fused-ring (bicyclic) bond motifs is 22. The molecule has 16 bridgehead atoms. The van der Waals surface area contributed by atoms with Crippen LogP contribution in [0.4, 0.5) is 0 Å². The van der Waals surface area contributed by atoms with E-state index in [0.717, 1.165) is 101 Å². The van der Waals surface area contributed by atoms with Gasteiger partial charge in [0.15, 0.2) is 0 Å². The number of hydrogen-bond acceptors (Lipinski definition) is 8. The van der Waals surface area contributed by atoms with Gasteiger partial charge in [-0.15, -0.1) is 0 Å². The van der Waals surface area contributed by atoms with Crippen LogP contribution in [0, 0.1) is 64.6 Å². The molecule has 1 N–H and O–H groups in total. The first-order valence-electron chi connectivity index (χ1n) is 46.2. The molecule has 8 heteroatoms. The van der Waals surface area contributed by atoms with Crippen molar-refractivity contribution in [2.24, 2.45) is 64.6 Å². The molecule has 19 aliphatic rings. The van der Waals surface area contributed by atoms with Crippen molar-refractivity contribution >= 4 is 0 Å². The van der Waals surface area contributed by atoms with E-state index in [0.29, 0.717) is 44.2 Å². The Hall–Kier alpha value is -0.320. The second-order valence-corrected chi connectivity index (χ2v) is 46.6. The van der Waals surface area contributed by atoms with Gasteiger partial charge in [-0.3, -0.25) is 34.3 Å². The van der Waals surface area contributed by atoms with Crippen molar-refractivity contribution in [1.82, 2.24) is 39.6 Å². The molecule has 11 atom stereocenters. The minimum atomic E-state index is 0.379. The van der Waals surface area contributed by atoms with Crippen molar-refractivity contribution in [3.8, 4) is 0 Å². The summed E-state index contributed by atoms with van der Waals surface area (Å²) in [6.45, 7) is 69.0. The number of piperidine rings is 7. The molecule has 0 radical (unpaired) electrons. The Labute approximate surface area is 644 Å². The van der Waals surface area contributed by atoms with Crippen LogP contribution < -0.4 is 5.32 Å². The van der Waals surface area contributed by atoms with Crippen molar-refractivity contribution < 1.29 is 0 Å². The molecule has 103 heavy (non-hydrogen) atoms. The molecule has 0 aromatic carbocycles. The lowest BCUT2D eigenvalue weighted by Crippen LogP contribution is -2.56. The summed E-state index contributed by atoms with van der Waals surface area (Å²) in [5, 5.41) is 3.67. The third-order valence-corrected chi connectivity index (χ3v) is 30.6. The molecule has 0 aromatic rings. The highest BCUT2D eigenvalue weighted by Gasteiger charge is 2.47. The fraction of sp³-hybridized carbons (Fsp3) is 1.00. The van der Waals surface area contributed by atoms with Crippen LogP contribution in [0.15, 0.2) is 0 Å². The van der Waals surface area contributed by atoms with Gasteiger partial charge in [-0.2, -0.15) is 0 Å². The number of nitrogens with one attached hydrogen (secondary N) is 1. The summed E-state index contributed by atoms with van der Waals surface area (Å²) in [6, 6.07) is 6.31. The molecule has 0 aromatic heterocycles. The van der Waals surface area contributed by atoms with Crippen LogP contribution in [0.3, 0.4) is 0 Å². The Bertz CT molecular complexity index is 2280. The van der Waals surface area contributed by atoms with Gasteiger partial charge in [0.2, 0.25) is 0 Å². The van der Waals surface area contributed by atoms with Gasteiger partial charge < -0.3 is 5.32 Å². The molecule has 19 rings (SSSR count). The zero-order valence-corrected chi connectivity index (χ0v) is 74.0. The molecule has 12 aliphatic heterocycles. The van der Waals surface area contributed by atoms with Crippen LogP contribution in [0.2, 0.25) is 0 Å². The van der Waals surface area contributed by atoms with E-state index in [1.54, 1.807) is 0 Å². The summed E-state index contributed by atoms with van der Waals surface area (Å²) in [5.74, 6) is 10.2. The summed E-state index contributed by atoms with van der Waals surface area (Å²) in [6.07, 6.45) is 54.6. The first-order valence-corrected chi connectivity index (χ1v) is 46.2. The van der Waals surface area contributed by atoms with Crippen molar-refractivity contribution in [1.29, 1.82) is 0 Å². The predicted molar refractivity (Wildman–Crippen MR) is 450 cm³/mol. The van der Waals surface area contributed by atoms with Crippen molar-refractivity contribution in [3.63, 3.8) is 0 Å². The van der Waals surface area contributed by atoms with Crippen LogP contribution in [0.1, 0.15) is 404 Å². The molecule has 7 saturated carbocycles. The van der Waals surface area contributed by atoms with Crippen LogP contribution >= 0.6 is 0 Å². The molecule has 0 amide bonds. The normalized spacial score (nSPS) is 36.9. The third kappa shape index (κ3) is 25.6. The minimum Gasteiger partial charge on any atom is -0.314 e. The van der Waals surface area contributed by atoms with Gasteiger partial charge in [0.25, 0.3) is 0 Å². The number of likely N-dealkylation sites (tertiary alicyclic amines) is 3. The smallest absolute Gasteiger partial charge is 0.0130 e. The quantitative estimate of drug-likeness (QED) is 0.257. The summed E-state index contributed by atoms with van der Waals surface area (Å²) in [4.78, 5) is 19.2. The van der Waals surface area contributed by atoms with E-state index in [2.05, 4.69) is 206 Å². The van der Waals surface area contributed by atoms with Gasteiger partial charge in [0.1, 0.15) is 0 Å². The zero-order valence-electron chi connectivity index (χ0n) is 74.0. The molecular formula is C95H182N8. The lowest BCUT2D eigenvalue weighted by atomic mass is 9.70. The average molecular weight is 1440 g/mol. The predicted octanol–water partition coefficient (Wildman–Crippen LogP) is 23.6. The van der Waals surface area contributed by atoms with E-state index in [1.807, 2.05) is 0 Å². The van der Waals surface area contributed by atoms with Gasteiger partial charge in [-0.05, 0) is 429 Å². The fourth-order valence-electron chi connectivity index (χ4n) is 25.1. The van der Waals surface area contributed by atoms with Gasteiger partial charge >= 0.3 is 0 Å². The Morgan fingerprint density at radius 1 is 0.233 bits per heavy atom. The molecule has 12 saturated heterocycles. The van der Waals surface area contributed by atoms with E-state index in [-0.39, 0.29) is 0 Å². The van der Waals surface area contributed by atoms with Crippen LogP contribution in [0.5, 0.6) is 0 Å². The summed E-state index contributed by atoms with van der Waals surface area (Å²) >= 11 is 0. The molecule has 8 nitrogen and oxygen atoms in total. The first kappa shape index (κ1) is 86.7. The molecule has 0 spiro atoms. The zero-order chi connectivity index (χ0) is 75.1. The number of nitrogens with zero attached hydrogens (tertiary/aromatic N) is 7.